The van der Waals surface area contributed by atoms with Gasteiger partial charge in [0.2, 0.25) is 0 Å². The molecule has 2 unspecified atom stereocenters. The van der Waals surface area contributed by atoms with Crippen LogP contribution in [0, 0.1) is 11.3 Å². The van der Waals surface area contributed by atoms with E-state index in [9.17, 15) is 0 Å². The van der Waals surface area contributed by atoms with E-state index in [2.05, 4.69) is 30.9 Å². The van der Waals surface area contributed by atoms with E-state index in [1.54, 1.807) is 0 Å². The van der Waals surface area contributed by atoms with Gasteiger partial charge >= 0.3 is 0 Å². The Morgan fingerprint density at radius 1 is 1.40 bits per heavy atom. The summed E-state index contributed by atoms with van der Waals surface area (Å²) in [4.78, 5) is 9.90. The van der Waals surface area contributed by atoms with Gasteiger partial charge in [0.25, 0.3) is 0 Å². The second kappa shape index (κ2) is 3.08. The molecule has 0 saturated heterocycles. The minimum absolute atomic E-state index is 0.0153. The second-order valence-electron chi connectivity index (χ2n) is 5.12. The van der Waals surface area contributed by atoms with E-state index < -0.39 is 0 Å². The minimum atomic E-state index is -0.103. The molecule has 0 aromatic carbocycles. The zero-order chi connectivity index (χ0) is 11.2. The molecule has 0 fully saturated rings. The Hall–Kier alpha value is -1.32. The first-order chi connectivity index (χ1) is 6.89. The molecule has 4 heteroatoms. The first-order valence-electron chi connectivity index (χ1n) is 5.16. The Morgan fingerprint density at radius 2 is 2.07 bits per heavy atom. The number of rotatable bonds is 0. The number of fused-ring (bicyclic) bond motifs is 1. The van der Waals surface area contributed by atoms with Crippen molar-refractivity contribution in [2.45, 2.75) is 33.8 Å². The highest BCUT2D eigenvalue weighted by atomic mass is 16.6. The maximum Gasteiger partial charge on any atom is 0.179 e. The summed E-state index contributed by atoms with van der Waals surface area (Å²) in [7, 11) is 0. The molecular formula is C11H17N3O. The molecule has 0 spiro atoms. The Labute approximate surface area is 89.9 Å². The first-order valence-corrected chi connectivity index (χ1v) is 5.16. The van der Waals surface area contributed by atoms with Crippen molar-refractivity contribution in [1.29, 1.82) is 0 Å². The Bertz CT molecular complexity index is 374. The van der Waals surface area contributed by atoms with Crippen LogP contribution in [0.2, 0.25) is 0 Å². The fourth-order valence-corrected chi connectivity index (χ4v) is 1.94. The zero-order valence-electron chi connectivity index (χ0n) is 9.61. The number of hydrogen-bond donors (Lipinski definition) is 1. The lowest BCUT2D eigenvalue weighted by Gasteiger charge is -2.30. The summed E-state index contributed by atoms with van der Waals surface area (Å²) in [6, 6.07) is 0. The molecule has 0 aromatic heterocycles. The van der Waals surface area contributed by atoms with Gasteiger partial charge in [-0.1, -0.05) is 25.9 Å². The fourth-order valence-electron chi connectivity index (χ4n) is 1.94. The van der Waals surface area contributed by atoms with Gasteiger partial charge in [0.05, 0.1) is 11.6 Å². The summed E-state index contributed by atoms with van der Waals surface area (Å²) >= 11 is 0. The topological polar surface area (TPSA) is 60.0 Å². The molecule has 4 nitrogen and oxygen atoms in total. The molecule has 0 radical (unpaired) electrons. The van der Waals surface area contributed by atoms with Gasteiger partial charge in [-0.05, 0) is 13.0 Å². The van der Waals surface area contributed by atoms with E-state index in [0.717, 1.165) is 11.4 Å². The van der Waals surface area contributed by atoms with Gasteiger partial charge in [0.1, 0.15) is 0 Å². The van der Waals surface area contributed by atoms with Crippen LogP contribution >= 0.6 is 0 Å². The van der Waals surface area contributed by atoms with Crippen LogP contribution in [0.3, 0.4) is 0 Å². The molecule has 0 amide bonds. The Kier molecular flexibility index (Phi) is 2.10. The Balaban J connectivity index is 2.39. The van der Waals surface area contributed by atoms with Crippen molar-refractivity contribution in [3.05, 3.63) is 11.8 Å². The van der Waals surface area contributed by atoms with Crippen molar-refractivity contribution < 1.29 is 4.84 Å². The fraction of sp³-hybridized carbons (Fsp3) is 0.636. The number of oxime groups is 1. The van der Waals surface area contributed by atoms with Crippen LogP contribution in [0.4, 0.5) is 0 Å². The Morgan fingerprint density at radius 3 is 2.67 bits per heavy atom. The lowest BCUT2D eigenvalue weighted by molar-refractivity contribution is 0.112. The maximum atomic E-state index is 5.78. The van der Waals surface area contributed by atoms with Gasteiger partial charge in [-0.25, -0.2) is 0 Å². The molecular weight excluding hydrogens is 190 g/mol. The van der Waals surface area contributed by atoms with Crippen molar-refractivity contribution in [3.8, 4) is 0 Å². The highest BCUT2D eigenvalue weighted by molar-refractivity contribution is 6.01. The van der Waals surface area contributed by atoms with Crippen LogP contribution in [0.1, 0.15) is 27.7 Å². The molecule has 0 aromatic rings. The summed E-state index contributed by atoms with van der Waals surface area (Å²) in [6.45, 7) is 8.35. The molecule has 2 atom stereocenters. The third-order valence-corrected chi connectivity index (χ3v) is 2.69. The zero-order valence-corrected chi connectivity index (χ0v) is 9.61. The van der Waals surface area contributed by atoms with Gasteiger partial charge in [0.15, 0.2) is 11.9 Å². The van der Waals surface area contributed by atoms with Gasteiger partial charge in [-0.2, -0.15) is 0 Å². The predicted molar refractivity (Wildman–Crippen MR) is 60.6 cm³/mol. The molecule has 2 heterocycles. The van der Waals surface area contributed by atoms with Crippen LogP contribution < -0.4 is 5.73 Å². The molecule has 0 bridgehead atoms. The quantitative estimate of drug-likeness (QED) is 0.657. The van der Waals surface area contributed by atoms with E-state index in [1.807, 2.05) is 13.0 Å². The van der Waals surface area contributed by atoms with Crippen molar-refractivity contribution in [1.82, 2.24) is 0 Å². The SMILES string of the molecule is CC1=CC2C(N)=NOC2C(C(C)(C)C)=N1. The lowest BCUT2D eigenvalue weighted by atomic mass is 9.80. The van der Waals surface area contributed by atoms with Gasteiger partial charge in [-0.15, -0.1) is 0 Å². The van der Waals surface area contributed by atoms with E-state index in [0.29, 0.717) is 5.84 Å². The van der Waals surface area contributed by atoms with E-state index in [1.165, 1.54) is 0 Å². The summed E-state index contributed by atoms with van der Waals surface area (Å²) < 4.78 is 0. The molecule has 2 N–H and O–H groups in total. The molecule has 82 valence electrons. The summed E-state index contributed by atoms with van der Waals surface area (Å²) in [5.41, 5.74) is 7.78. The van der Waals surface area contributed by atoms with Crippen LogP contribution in [0.15, 0.2) is 21.9 Å². The molecule has 15 heavy (non-hydrogen) atoms. The molecule has 2 aliphatic rings. The van der Waals surface area contributed by atoms with Gasteiger partial charge in [0, 0.05) is 11.1 Å². The van der Waals surface area contributed by atoms with Crippen molar-refractivity contribution in [3.63, 3.8) is 0 Å². The number of nitrogens with two attached hydrogens (primary N) is 1. The van der Waals surface area contributed by atoms with Crippen LogP contribution in [0.5, 0.6) is 0 Å². The van der Waals surface area contributed by atoms with E-state index >= 15 is 0 Å². The molecule has 2 aliphatic heterocycles. The van der Waals surface area contributed by atoms with Gasteiger partial charge in [-0.3, -0.25) is 4.99 Å². The van der Waals surface area contributed by atoms with Crippen molar-refractivity contribution in [2.24, 2.45) is 27.2 Å². The monoisotopic (exact) mass is 207 g/mol. The number of amidine groups is 1. The van der Waals surface area contributed by atoms with Crippen LogP contribution in [-0.2, 0) is 4.84 Å². The smallest absolute Gasteiger partial charge is 0.179 e. The molecule has 2 rings (SSSR count). The lowest BCUT2D eigenvalue weighted by Crippen LogP contribution is -2.41. The number of hydrogen-bond acceptors (Lipinski definition) is 4. The third-order valence-electron chi connectivity index (χ3n) is 2.69. The van der Waals surface area contributed by atoms with Crippen LogP contribution in [0.25, 0.3) is 0 Å². The average Bonchev–Trinajstić information content (AvgIpc) is 2.45. The predicted octanol–water partition coefficient (Wildman–Crippen LogP) is 1.68. The molecule has 0 saturated carbocycles. The largest absolute Gasteiger partial charge is 0.384 e. The summed E-state index contributed by atoms with van der Waals surface area (Å²) in [5.74, 6) is 0.618. The number of allylic oxidation sites excluding steroid dienone is 1. The highest BCUT2D eigenvalue weighted by Gasteiger charge is 2.41. The summed E-state index contributed by atoms with van der Waals surface area (Å²) in [6.07, 6.45) is 1.92. The number of aliphatic imine (C=N–C) groups is 1. The third kappa shape index (κ3) is 1.64. The summed E-state index contributed by atoms with van der Waals surface area (Å²) in [5, 5.41) is 3.85. The van der Waals surface area contributed by atoms with Crippen LogP contribution in [-0.4, -0.2) is 17.7 Å². The molecule has 0 aliphatic carbocycles. The van der Waals surface area contributed by atoms with E-state index in [4.69, 9.17) is 10.6 Å². The number of nitrogens with zero attached hydrogens (tertiary/aromatic N) is 2. The normalized spacial score (nSPS) is 30.0. The second-order valence-corrected chi connectivity index (χ2v) is 5.12. The van der Waals surface area contributed by atoms with E-state index in [-0.39, 0.29) is 17.4 Å². The van der Waals surface area contributed by atoms with Crippen molar-refractivity contribution in [2.75, 3.05) is 0 Å². The van der Waals surface area contributed by atoms with Gasteiger partial charge < -0.3 is 10.6 Å². The maximum absolute atomic E-state index is 5.78. The standard InChI is InChI=1S/C11H17N3O/c1-6-5-7-8(15-14-10(7)12)9(13-6)11(2,3)4/h5,7-8H,1-4H3,(H2,12,14). The van der Waals surface area contributed by atoms with Crippen molar-refractivity contribution >= 4 is 11.5 Å². The average molecular weight is 207 g/mol. The first kappa shape index (κ1) is 10.2. The highest BCUT2D eigenvalue weighted by Crippen LogP contribution is 2.32. The minimum Gasteiger partial charge on any atom is -0.384 e.